The Bertz CT molecular complexity index is 226. The first-order chi connectivity index (χ1) is 7.29. The molecular weight excluding hydrogens is 328 g/mol. The van der Waals surface area contributed by atoms with Gasteiger partial charge in [-0.25, -0.2) is 0 Å². The van der Waals surface area contributed by atoms with E-state index in [4.69, 9.17) is 0 Å². The Balaban J connectivity index is 0.000000583. The predicted octanol–water partition coefficient (Wildman–Crippen LogP) is 5.09. The van der Waals surface area contributed by atoms with Gasteiger partial charge in [-0.1, -0.05) is 44.5 Å². The lowest BCUT2D eigenvalue weighted by Gasteiger charge is -2.13. The minimum atomic E-state index is 0.0417. The van der Waals surface area contributed by atoms with E-state index in [1.165, 1.54) is 24.8 Å². The molecule has 0 aliphatic rings. The lowest BCUT2D eigenvalue weighted by atomic mass is 9.92. The van der Waals surface area contributed by atoms with Crippen molar-refractivity contribution in [3.63, 3.8) is 0 Å². The Morgan fingerprint density at radius 1 is 1.27 bits per heavy atom. The normalized spacial score (nSPS) is 10.9. The standard InChI is InChI=1S/C12H17.2BrH.Mg/c1-3-8-11(4-2)12-9-6-5-7-10-12;;;/h6-7,9-11H,3-4,8H2,1-2H3;2*1H;/q;;;+2/p-2. The molecular formula is C12H17Br2Mg. The Morgan fingerprint density at radius 3 is 2.20 bits per heavy atom. The molecule has 0 N–H and O–H groups in total. The summed E-state index contributed by atoms with van der Waals surface area (Å²) in [4.78, 5) is 0. The van der Waals surface area contributed by atoms with Crippen molar-refractivity contribution in [3.05, 3.63) is 35.9 Å². The quantitative estimate of drug-likeness (QED) is 0.667. The summed E-state index contributed by atoms with van der Waals surface area (Å²) in [5, 5.41) is 0. The van der Waals surface area contributed by atoms with E-state index >= 15 is 0 Å². The van der Waals surface area contributed by atoms with Crippen molar-refractivity contribution in [1.82, 2.24) is 0 Å². The van der Waals surface area contributed by atoms with Gasteiger partial charge < -0.3 is 0 Å². The molecule has 0 spiro atoms. The number of benzene rings is 1. The summed E-state index contributed by atoms with van der Waals surface area (Å²) in [5.74, 6) is 0.754. The maximum atomic E-state index is 3.20. The van der Waals surface area contributed by atoms with Crippen molar-refractivity contribution < 1.29 is 0 Å². The summed E-state index contributed by atoms with van der Waals surface area (Å²) in [6, 6.07) is 11.4. The molecule has 81 valence electrons. The first-order valence-electron chi connectivity index (χ1n) is 5.38. The second-order valence-electron chi connectivity index (χ2n) is 3.33. The summed E-state index contributed by atoms with van der Waals surface area (Å²) in [5.41, 5.74) is 1.47. The van der Waals surface area contributed by atoms with Crippen molar-refractivity contribution in [1.29, 1.82) is 0 Å². The molecule has 0 amide bonds. The zero-order valence-corrected chi connectivity index (χ0v) is 14.1. The molecule has 0 nitrogen and oxygen atoms in total. The Kier molecular flexibility index (Phi) is 12.2. The van der Waals surface area contributed by atoms with Crippen LogP contribution in [0, 0.1) is 6.07 Å². The summed E-state index contributed by atoms with van der Waals surface area (Å²) < 4.78 is 0. The molecule has 0 heterocycles. The van der Waals surface area contributed by atoms with Crippen LogP contribution in [0.1, 0.15) is 44.6 Å². The van der Waals surface area contributed by atoms with Crippen LogP contribution in [0.4, 0.5) is 0 Å². The number of rotatable bonds is 4. The molecule has 0 aromatic heterocycles. The van der Waals surface area contributed by atoms with Crippen LogP contribution in [0.3, 0.4) is 0 Å². The lowest BCUT2D eigenvalue weighted by Crippen LogP contribution is -1.95. The molecule has 0 bridgehead atoms. The average molecular weight is 345 g/mol. The third-order valence-electron chi connectivity index (χ3n) is 2.35. The molecule has 1 radical (unpaired) electrons. The van der Waals surface area contributed by atoms with Gasteiger partial charge in [-0.15, -0.1) is 0 Å². The molecule has 1 unspecified atom stereocenters. The van der Waals surface area contributed by atoms with Gasteiger partial charge in [0.1, 0.15) is 0 Å². The minimum Gasteiger partial charge on any atom is -0.280 e. The van der Waals surface area contributed by atoms with E-state index in [1.54, 1.807) is 0 Å². The van der Waals surface area contributed by atoms with Gasteiger partial charge in [-0.05, 0) is 30.4 Å². The first-order valence-corrected chi connectivity index (χ1v) is 13.2. The molecule has 1 aromatic rings. The van der Waals surface area contributed by atoms with Crippen LogP contribution in [0.2, 0.25) is 0 Å². The van der Waals surface area contributed by atoms with E-state index < -0.39 is 0 Å². The highest BCUT2D eigenvalue weighted by atomic mass is 79.9. The lowest BCUT2D eigenvalue weighted by molar-refractivity contribution is 0.596. The molecule has 0 aliphatic heterocycles. The fourth-order valence-electron chi connectivity index (χ4n) is 1.63. The second kappa shape index (κ2) is 11.4. The van der Waals surface area contributed by atoms with E-state index in [2.05, 4.69) is 57.8 Å². The van der Waals surface area contributed by atoms with E-state index in [0.717, 1.165) is 5.92 Å². The summed E-state index contributed by atoms with van der Waals surface area (Å²) in [7, 11) is 0. The van der Waals surface area contributed by atoms with Gasteiger partial charge in [0.15, 0.2) is 0 Å². The predicted molar refractivity (Wildman–Crippen MR) is 76.8 cm³/mol. The maximum Gasteiger partial charge on any atom is 0.560 e. The zero-order chi connectivity index (χ0) is 11.5. The maximum absolute atomic E-state index is 3.20. The van der Waals surface area contributed by atoms with Gasteiger partial charge >= 0.3 is 16.0 Å². The van der Waals surface area contributed by atoms with Crippen LogP contribution in [-0.2, 0) is 0 Å². The molecule has 0 fully saturated rings. The SMILES string of the molecule is CCCC(CC)c1cc[c]cc1.[Br][Mg][Br]. The fraction of sp³-hybridized carbons (Fsp3) is 0.500. The minimum absolute atomic E-state index is 0.0417. The summed E-state index contributed by atoms with van der Waals surface area (Å²) >= 11 is 6.44. The monoisotopic (exact) mass is 343 g/mol. The number of halogens is 2. The van der Waals surface area contributed by atoms with Gasteiger partial charge in [0.05, 0.1) is 0 Å². The molecule has 0 aliphatic carbocycles. The Labute approximate surface area is 116 Å². The van der Waals surface area contributed by atoms with Gasteiger partial charge in [-0.3, -0.25) is 25.8 Å². The van der Waals surface area contributed by atoms with Crippen molar-refractivity contribution in [2.45, 2.75) is 39.0 Å². The molecule has 1 rings (SSSR count). The first kappa shape index (κ1) is 15.9. The molecule has 0 saturated carbocycles. The summed E-state index contributed by atoms with van der Waals surface area (Å²) in [6.45, 7) is 4.51. The van der Waals surface area contributed by atoms with Crippen LogP contribution >= 0.6 is 25.8 Å². The second-order valence-corrected chi connectivity index (χ2v) is 11.4. The van der Waals surface area contributed by atoms with Crippen molar-refractivity contribution in [2.24, 2.45) is 0 Å². The third kappa shape index (κ3) is 7.78. The van der Waals surface area contributed by atoms with Crippen LogP contribution in [0.15, 0.2) is 24.3 Å². The van der Waals surface area contributed by atoms with Gasteiger partial charge in [-0.2, -0.15) is 0 Å². The van der Waals surface area contributed by atoms with Gasteiger partial charge in [0.25, 0.3) is 0 Å². The zero-order valence-electron chi connectivity index (χ0n) is 9.47. The summed E-state index contributed by atoms with van der Waals surface area (Å²) in [6.07, 6.45) is 3.83. The van der Waals surface area contributed by atoms with E-state index in [-0.39, 0.29) is 16.0 Å². The van der Waals surface area contributed by atoms with Crippen molar-refractivity contribution >= 4 is 41.8 Å². The third-order valence-corrected chi connectivity index (χ3v) is 2.35. The topological polar surface area (TPSA) is 0 Å². The highest BCUT2D eigenvalue weighted by Gasteiger charge is 2.06. The van der Waals surface area contributed by atoms with Gasteiger partial charge in [0, 0.05) is 0 Å². The molecule has 3 heteroatoms. The van der Waals surface area contributed by atoms with Crippen LogP contribution in [0.25, 0.3) is 0 Å². The Hall–Kier alpha value is 0.946. The van der Waals surface area contributed by atoms with Crippen molar-refractivity contribution in [3.8, 4) is 0 Å². The Morgan fingerprint density at radius 2 is 1.80 bits per heavy atom. The van der Waals surface area contributed by atoms with Crippen molar-refractivity contribution in [2.75, 3.05) is 0 Å². The largest absolute Gasteiger partial charge is 0.560 e. The highest BCUT2D eigenvalue weighted by molar-refractivity contribution is 9.47. The smallest absolute Gasteiger partial charge is 0.280 e. The number of hydrogen-bond donors (Lipinski definition) is 0. The average Bonchev–Trinajstić information content (AvgIpc) is 2.28. The molecule has 0 saturated heterocycles. The number of hydrogen-bond acceptors (Lipinski definition) is 0. The van der Waals surface area contributed by atoms with E-state index in [0.29, 0.717) is 0 Å². The van der Waals surface area contributed by atoms with Crippen LogP contribution in [-0.4, -0.2) is 16.0 Å². The molecule has 1 aromatic carbocycles. The molecule has 1 atom stereocenters. The highest BCUT2D eigenvalue weighted by Crippen LogP contribution is 2.23. The van der Waals surface area contributed by atoms with Crippen LogP contribution < -0.4 is 0 Å². The van der Waals surface area contributed by atoms with E-state index in [9.17, 15) is 0 Å². The van der Waals surface area contributed by atoms with Gasteiger partial charge in [0.2, 0.25) is 0 Å². The molecule has 15 heavy (non-hydrogen) atoms. The van der Waals surface area contributed by atoms with E-state index in [1.807, 2.05) is 12.1 Å². The van der Waals surface area contributed by atoms with Crippen LogP contribution in [0.5, 0.6) is 0 Å². The fourth-order valence-corrected chi connectivity index (χ4v) is 1.63.